The van der Waals surface area contributed by atoms with E-state index in [9.17, 15) is 0 Å². The molecule has 0 aliphatic heterocycles. The molecule has 8 aromatic rings. The van der Waals surface area contributed by atoms with Crippen LogP contribution in [0.2, 0.25) is 0 Å². The lowest BCUT2D eigenvalue weighted by molar-refractivity contribution is 0.568. The van der Waals surface area contributed by atoms with Gasteiger partial charge in [-0.05, 0) is 71.6 Å². The minimum Gasteiger partial charge on any atom is -0.361 e. The molecule has 0 heterocycles. The van der Waals surface area contributed by atoms with E-state index in [0.717, 1.165) is 65.7 Å². The lowest BCUT2D eigenvalue weighted by Crippen LogP contribution is -2.50. The molecule has 0 saturated heterocycles. The van der Waals surface area contributed by atoms with Crippen LogP contribution >= 0.6 is 46.0 Å². The van der Waals surface area contributed by atoms with Gasteiger partial charge in [-0.1, -0.05) is 252 Å². The van der Waals surface area contributed by atoms with Crippen LogP contribution in [0.25, 0.3) is 0 Å². The predicted octanol–water partition coefficient (Wildman–Crippen LogP) is 13.4. The van der Waals surface area contributed by atoms with Crippen molar-refractivity contribution in [1.82, 2.24) is 16.1 Å². The van der Waals surface area contributed by atoms with Gasteiger partial charge >= 0.3 is 0 Å². The Bertz CT molecular complexity index is 2520. The van der Waals surface area contributed by atoms with E-state index >= 15 is 0 Å². The molecule has 0 radical (unpaired) electrons. The van der Waals surface area contributed by atoms with Crippen molar-refractivity contribution < 1.29 is 0 Å². The Kier molecular flexibility index (Phi) is 15.3. The van der Waals surface area contributed by atoms with Crippen molar-refractivity contribution in [2.24, 2.45) is 10.1 Å². The fourth-order valence-corrected chi connectivity index (χ4v) is 11.1. The van der Waals surface area contributed by atoms with E-state index < -0.39 is 11.1 Å². The van der Waals surface area contributed by atoms with Crippen LogP contribution in [0.15, 0.2) is 250 Å². The van der Waals surface area contributed by atoms with Crippen LogP contribution in [0.1, 0.15) is 58.4 Å². The van der Waals surface area contributed by atoms with Gasteiger partial charge in [0.05, 0.1) is 17.2 Å². The maximum Gasteiger partial charge on any atom is 0.188 e. The number of hydrogen-bond donors (Lipinski definition) is 3. The third-order valence-electron chi connectivity index (χ3n) is 11.4. The average molecular weight is 932 g/mol. The first-order valence-corrected chi connectivity index (χ1v) is 24.7. The topological polar surface area (TPSA) is 60.8 Å². The summed E-state index contributed by atoms with van der Waals surface area (Å²) in [5.41, 5.74) is 11.9. The van der Waals surface area contributed by atoms with Crippen LogP contribution < -0.4 is 16.1 Å². The Labute approximate surface area is 407 Å². The number of hydrazone groups is 1. The first-order chi connectivity index (χ1) is 32.4. The molecule has 3 N–H and O–H groups in total. The summed E-state index contributed by atoms with van der Waals surface area (Å²) in [5.74, 6) is 0. The second-order valence-corrected chi connectivity index (χ2v) is 18.7. The van der Waals surface area contributed by atoms with Gasteiger partial charge in [-0.15, -0.1) is 0 Å². The van der Waals surface area contributed by atoms with E-state index in [2.05, 4.69) is 211 Å². The van der Waals surface area contributed by atoms with Gasteiger partial charge in [0.1, 0.15) is 11.1 Å². The smallest absolute Gasteiger partial charge is 0.188 e. The van der Waals surface area contributed by atoms with Gasteiger partial charge in [-0.3, -0.25) is 10.4 Å². The van der Waals surface area contributed by atoms with Crippen LogP contribution in [0.5, 0.6) is 0 Å². The average Bonchev–Trinajstić information content (AvgIpc) is 3.39. The number of rotatable bonds is 16. The summed E-state index contributed by atoms with van der Waals surface area (Å²) in [7, 11) is 3.38. The fourth-order valence-electron chi connectivity index (χ4n) is 8.25. The molecule has 0 aliphatic rings. The van der Waals surface area contributed by atoms with Gasteiger partial charge in [-0.25, -0.2) is 0 Å². The summed E-state index contributed by atoms with van der Waals surface area (Å²) >= 11 is 12.2. The number of nitrogens with zero attached hydrogens (tertiary/aromatic N) is 2. The van der Waals surface area contributed by atoms with Gasteiger partial charge in [0.2, 0.25) is 0 Å². The molecular formula is C57H49N5S4. The lowest BCUT2D eigenvalue weighted by atomic mass is 9.77. The van der Waals surface area contributed by atoms with Crippen LogP contribution in [0, 0.1) is 0 Å². The van der Waals surface area contributed by atoms with Gasteiger partial charge in [-0.2, -0.15) is 5.10 Å². The Balaban J connectivity index is 0.990. The molecule has 0 fully saturated rings. The summed E-state index contributed by atoms with van der Waals surface area (Å²) in [6.45, 7) is 4.39. The Morgan fingerprint density at radius 2 is 0.712 bits per heavy atom. The summed E-state index contributed by atoms with van der Waals surface area (Å²) in [4.78, 5) is 7.91. The summed E-state index contributed by atoms with van der Waals surface area (Å²) in [5, 5.41) is 12.7. The molecule has 0 spiro atoms. The first-order valence-electron chi connectivity index (χ1n) is 21.7. The van der Waals surface area contributed by atoms with Crippen LogP contribution in [0.3, 0.4) is 0 Å². The van der Waals surface area contributed by atoms with E-state index in [1.807, 2.05) is 49.4 Å². The minimum atomic E-state index is -0.769. The molecule has 0 unspecified atom stereocenters. The van der Waals surface area contributed by atoms with Crippen molar-refractivity contribution in [3.63, 3.8) is 0 Å². The Morgan fingerprint density at radius 3 is 1.08 bits per heavy atom. The SMILES string of the molecule is CC(=NCC(=S)NC(c1ccccc1)(c1ccccc1)c1ccccc1)c1ccccc1SSc1ccccc1/C(C)=N/NC(=S)NC(c1ccccc1)(c1ccccc1)c1ccccc1. The Hall–Kier alpha value is -6.62. The van der Waals surface area contributed by atoms with Crippen molar-refractivity contribution in [2.45, 2.75) is 34.7 Å². The highest BCUT2D eigenvalue weighted by molar-refractivity contribution is 8.76. The molecule has 326 valence electrons. The maximum absolute atomic E-state index is 6.13. The molecule has 0 bridgehead atoms. The van der Waals surface area contributed by atoms with Gasteiger partial charge in [0.15, 0.2) is 5.11 Å². The van der Waals surface area contributed by atoms with Crippen molar-refractivity contribution >= 4 is 67.5 Å². The Morgan fingerprint density at radius 1 is 0.409 bits per heavy atom. The molecule has 66 heavy (non-hydrogen) atoms. The highest BCUT2D eigenvalue weighted by Gasteiger charge is 2.38. The lowest BCUT2D eigenvalue weighted by Gasteiger charge is -2.37. The molecule has 5 nitrogen and oxygen atoms in total. The molecule has 8 aromatic carbocycles. The zero-order chi connectivity index (χ0) is 45.6. The van der Waals surface area contributed by atoms with Crippen LogP contribution in [-0.2, 0) is 11.1 Å². The first kappa shape index (κ1) is 45.9. The van der Waals surface area contributed by atoms with E-state index in [4.69, 9.17) is 34.5 Å². The summed E-state index contributed by atoms with van der Waals surface area (Å²) in [6.07, 6.45) is 0. The van der Waals surface area contributed by atoms with Crippen LogP contribution in [0.4, 0.5) is 0 Å². The maximum atomic E-state index is 6.13. The zero-order valence-electron chi connectivity index (χ0n) is 36.7. The van der Waals surface area contributed by atoms with Crippen molar-refractivity contribution in [2.75, 3.05) is 6.54 Å². The zero-order valence-corrected chi connectivity index (χ0v) is 39.9. The normalized spacial score (nSPS) is 12.0. The van der Waals surface area contributed by atoms with E-state index in [1.54, 1.807) is 21.6 Å². The quantitative estimate of drug-likeness (QED) is 0.0293. The highest BCUT2D eigenvalue weighted by Crippen LogP contribution is 2.42. The molecule has 0 saturated carbocycles. The number of benzene rings is 8. The van der Waals surface area contributed by atoms with Gasteiger partial charge in [0, 0.05) is 26.6 Å². The fraction of sp³-hybridized carbons (Fsp3) is 0.0877. The van der Waals surface area contributed by atoms with E-state index in [0.29, 0.717) is 16.6 Å². The monoisotopic (exact) mass is 931 g/mol. The van der Waals surface area contributed by atoms with E-state index in [-0.39, 0.29) is 0 Å². The summed E-state index contributed by atoms with van der Waals surface area (Å²) < 4.78 is 0. The third-order valence-corrected chi connectivity index (χ3v) is 14.3. The molecular weight excluding hydrogens is 883 g/mol. The minimum absolute atomic E-state index is 0.326. The molecule has 9 heteroatoms. The van der Waals surface area contributed by atoms with Crippen molar-refractivity contribution in [3.05, 3.63) is 275 Å². The van der Waals surface area contributed by atoms with Crippen molar-refractivity contribution in [1.29, 1.82) is 0 Å². The molecule has 0 amide bonds. The van der Waals surface area contributed by atoms with Crippen LogP contribution in [-0.4, -0.2) is 28.1 Å². The van der Waals surface area contributed by atoms with E-state index in [1.165, 1.54) is 0 Å². The predicted molar refractivity (Wildman–Crippen MR) is 287 cm³/mol. The summed E-state index contributed by atoms with van der Waals surface area (Å²) in [6, 6.07) is 79.3. The third kappa shape index (κ3) is 10.4. The molecule has 8 rings (SSSR count). The number of nitrogens with one attached hydrogen (secondary N) is 3. The highest BCUT2D eigenvalue weighted by atomic mass is 33.1. The van der Waals surface area contributed by atoms with Gasteiger partial charge in [0.25, 0.3) is 0 Å². The molecule has 0 aliphatic carbocycles. The van der Waals surface area contributed by atoms with Crippen molar-refractivity contribution in [3.8, 4) is 0 Å². The number of thiocarbonyl (C=S) groups is 2. The van der Waals surface area contributed by atoms with Gasteiger partial charge < -0.3 is 10.6 Å². The molecule has 0 atom stereocenters. The number of aliphatic imine (C=N–C) groups is 1. The number of hydrogen-bond acceptors (Lipinski definition) is 6. The second kappa shape index (κ2) is 22.0. The second-order valence-electron chi connectivity index (χ2n) is 15.6. The molecule has 0 aromatic heterocycles. The standard InChI is InChI=1S/C57H49N5S4/c1-42(58-41-54(63)59-56(44-25-9-3-10-26-44,45-27-11-4-12-28-45)46-29-13-5-14-30-46)50-37-21-23-39-52(50)65-66-53-40-24-22-38-51(53)43(2)61-62-55(64)60-57(47-31-15-6-16-32-47,48-33-17-7-18-34-48)49-35-19-8-20-36-49/h3-40H,41H2,1-2H3,(H,59,63)(H2,60,62,64)/b58-42?,61-43+. The largest absolute Gasteiger partial charge is 0.361 e.